The molecule has 0 aliphatic carbocycles. The first-order chi connectivity index (χ1) is 6.10. The van der Waals surface area contributed by atoms with Gasteiger partial charge in [0.15, 0.2) is 0 Å². The van der Waals surface area contributed by atoms with Crippen molar-refractivity contribution >= 4 is 16.1 Å². The Bertz CT molecular complexity index is 282. The maximum absolute atomic E-state index is 3.75. The Kier molecular flexibility index (Phi) is 3.21. The highest BCUT2D eigenvalue weighted by Crippen LogP contribution is 2.48. The van der Waals surface area contributed by atoms with Crippen molar-refractivity contribution < 1.29 is 0 Å². The molecule has 0 bridgehead atoms. The lowest BCUT2D eigenvalue weighted by atomic mass is 10.2. The second-order valence-electron chi connectivity index (χ2n) is 3.60. The van der Waals surface area contributed by atoms with Crippen LogP contribution in [0.2, 0.25) is 0 Å². The Labute approximate surface area is 83.0 Å². The molecular weight excluding hydrogens is 176 g/mol. The van der Waals surface area contributed by atoms with E-state index in [1.807, 2.05) is 6.08 Å². The normalized spacial score (nSPS) is 12.5. The fourth-order valence-corrected chi connectivity index (χ4v) is 2.35. The summed E-state index contributed by atoms with van der Waals surface area (Å²) in [5.41, 5.74) is 1.20. The lowest BCUT2D eigenvalue weighted by Gasteiger charge is -2.30. The van der Waals surface area contributed by atoms with Gasteiger partial charge >= 0.3 is 0 Å². The predicted molar refractivity (Wildman–Crippen MR) is 64.8 cm³/mol. The minimum absolute atomic E-state index is 0.557. The van der Waals surface area contributed by atoms with Crippen LogP contribution in [0, 0.1) is 0 Å². The van der Waals surface area contributed by atoms with E-state index in [1.165, 1.54) is 16.2 Å². The van der Waals surface area contributed by atoms with Gasteiger partial charge in [0.05, 0.1) is 0 Å². The van der Waals surface area contributed by atoms with Crippen LogP contribution in [0.15, 0.2) is 35.7 Å². The standard InChI is InChI=1S/C12H18S/c1-5-11-7-9-12(10-8-11)13(3,4)6-2/h5,7-10H,1,6H2,2-4H3. The first kappa shape index (κ1) is 10.4. The van der Waals surface area contributed by atoms with E-state index in [2.05, 4.69) is 50.3 Å². The van der Waals surface area contributed by atoms with E-state index in [9.17, 15) is 0 Å². The lowest BCUT2D eigenvalue weighted by Crippen LogP contribution is -1.98. The fourth-order valence-electron chi connectivity index (χ4n) is 1.14. The first-order valence-electron chi connectivity index (χ1n) is 4.53. The molecule has 0 nitrogen and oxygen atoms in total. The van der Waals surface area contributed by atoms with Crippen molar-refractivity contribution in [1.82, 2.24) is 0 Å². The van der Waals surface area contributed by atoms with Gasteiger partial charge in [-0.2, -0.15) is 0 Å². The van der Waals surface area contributed by atoms with Crippen LogP contribution >= 0.6 is 10.0 Å². The molecule has 0 aromatic heterocycles. The van der Waals surface area contributed by atoms with Crippen molar-refractivity contribution in [2.75, 3.05) is 18.3 Å². The molecule has 0 heterocycles. The van der Waals surface area contributed by atoms with Crippen LogP contribution in [0.25, 0.3) is 6.08 Å². The van der Waals surface area contributed by atoms with E-state index in [-0.39, 0.29) is 0 Å². The highest BCUT2D eigenvalue weighted by molar-refractivity contribution is 8.32. The van der Waals surface area contributed by atoms with Gasteiger partial charge in [0.1, 0.15) is 0 Å². The second-order valence-corrected chi connectivity index (χ2v) is 7.73. The summed E-state index contributed by atoms with van der Waals surface area (Å²) in [7, 11) is -0.557. The third-order valence-corrected chi connectivity index (χ3v) is 5.47. The number of benzene rings is 1. The van der Waals surface area contributed by atoms with E-state index < -0.39 is 10.0 Å². The quantitative estimate of drug-likeness (QED) is 0.687. The Morgan fingerprint density at radius 2 is 1.77 bits per heavy atom. The molecule has 13 heavy (non-hydrogen) atoms. The van der Waals surface area contributed by atoms with Crippen LogP contribution < -0.4 is 0 Å². The Balaban J connectivity index is 2.98. The van der Waals surface area contributed by atoms with Gasteiger partial charge in [-0.05, 0) is 40.9 Å². The number of hydrogen-bond donors (Lipinski definition) is 0. The van der Waals surface area contributed by atoms with Gasteiger partial charge in [-0.1, -0.05) is 31.7 Å². The molecular formula is C12H18S. The van der Waals surface area contributed by atoms with E-state index in [1.54, 1.807) is 0 Å². The third kappa shape index (κ3) is 2.38. The lowest BCUT2D eigenvalue weighted by molar-refractivity contribution is 1.38. The summed E-state index contributed by atoms with van der Waals surface area (Å²) >= 11 is 0. The van der Waals surface area contributed by atoms with Gasteiger partial charge in [-0.25, -0.2) is 10.0 Å². The summed E-state index contributed by atoms with van der Waals surface area (Å²) in [6.07, 6.45) is 6.60. The Morgan fingerprint density at radius 3 is 2.15 bits per heavy atom. The summed E-state index contributed by atoms with van der Waals surface area (Å²) in [5.74, 6) is 1.25. The third-order valence-electron chi connectivity index (χ3n) is 2.48. The Morgan fingerprint density at radius 1 is 1.23 bits per heavy atom. The van der Waals surface area contributed by atoms with E-state index in [4.69, 9.17) is 0 Å². The van der Waals surface area contributed by atoms with Gasteiger partial charge in [-0.15, -0.1) is 0 Å². The van der Waals surface area contributed by atoms with Crippen LogP contribution in [0.1, 0.15) is 12.5 Å². The molecule has 0 saturated heterocycles. The minimum Gasteiger partial charge on any atom is -0.221 e. The van der Waals surface area contributed by atoms with Crippen molar-refractivity contribution in [3.05, 3.63) is 36.4 Å². The highest BCUT2D eigenvalue weighted by Gasteiger charge is 2.10. The van der Waals surface area contributed by atoms with Crippen LogP contribution in [-0.4, -0.2) is 18.3 Å². The molecule has 1 rings (SSSR count). The number of rotatable bonds is 3. The molecule has 0 atom stereocenters. The average molecular weight is 194 g/mol. The zero-order valence-electron chi connectivity index (χ0n) is 8.71. The van der Waals surface area contributed by atoms with Gasteiger partial charge in [0.2, 0.25) is 0 Å². The summed E-state index contributed by atoms with van der Waals surface area (Å²) in [6.45, 7) is 6.01. The smallest absolute Gasteiger partial charge is 0.0104 e. The molecule has 0 amide bonds. The van der Waals surface area contributed by atoms with E-state index in [0.29, 0.717) is 0 Å². The summed E-state index contributed by atoms with van der Waals surface area (Å²) in [5, 5.41) is 0. The fraction of sp³-hybridized carbons (Fsp3) is 0.333. The second kappa shape index (κ2) is 4.01. The molecule has 0 aliphatic heterocycles. The average Bonchev–Trinajstić information content (AvgIpc) is 2.18. The first-order valence-corrected chi connectivity index (χ1v) is 7.15. The van der Waals surface area contributed by atoms with Gasteiger partial charge < -0.3 is 0 Å². The zero-order chi connectivity index (χ0) is 9.90. The van der Waals surface area contributed by atoms with Gasteiger partial charge in [-0.3, -0.25) is 0 Å². The van der Waals surface area contributed by atoms with Gasteiger partial charge in [0.25, 0.3) is 0 Å². The van der Waals surface area contributed by atoms with Crippen molar-refractivity contribution in [2.45, 2.75) is 11.8 Å². The minimum atomic E-state index is -0.557. The largest absolute Gasteiger partial charge is 0.221 e. The van der Waals surface area contributed by atoms with Crippen molar-refractivity contribution in [3.63, 3.8) is 0 Å². The molecule has 72 valence electrons. The van der Waals surface area contributed by atoms with E-state index >= 15 is 0 Å². The van der Waals surface area contributed by atoms with Crippen LogP contribution in [0.4, 0.5) is 0 Å². The van der Waals surface area contributed by atoms with Crippen LogP contribution in [-0.2, 0) is 0 Å². The molecule has 0 radical (unpaired) electrons. The molecule has 1 heteroatoms. The zero-order valence-corrected chi connectivity index (χ0v) is 9.53. The van der Waals surface area contributed by atoms with Crippen LogP contribution in [0.5, 0.6) is 0 Å². The molecule has 0 unspecified atom stereocenters. The predicted octanol–water partition coefficient (Wildman–Crippen LogP) is 3.77. The number of hydrogen-bond acceptors (Lipinski definition) is 0. The monoisotopic (exact) mass is 194 g/mol. The van der Waals surface area contributed by atoms with Crippen molar-refractivity contribution in [3.8, 4) is 0 Å². The molecule has 0 fully saturated rings. The summed E-state index contributed by atoms with van der Waals surface area (Å²) in [4.78, 5) is 1.49. The molecule has 0 aliphatic rings. The van der Waals surface area contributed by atoms with Crippen molar-refractivity contribution in [2.24, 2.45) is 0 Å². The summed E-state index contributed by atoms with van der Waals surface area (Å²) in [6, 6.07) is 8.76. The van der Waals surface area contributed by atoms with Gasteiger partial charge in [0, 0.05) is 0 Å². The molecule has 0 saturated carbocycles. The van der Waals surface area contributed by atoms with E-state index in [0.717, 1.165) is 0 Å². The molecule has 1 aromatic carbocycles. The molecule has 0 spiro atoms. The maximum atomic E-state index is 3.75. The topological polar surface area (TPSA) is 0 Å². The Hall–Kier alpha value is -0.690. The molecule has 0 N–H and O–H groups in total. The maximum Gasteiger partial charge on any atom is -0.0104 e. The summed E-state index contributed by atoms with van der Waals surface area (Å²) < 4.78 is 0. The highest BCUT2D eigenvalue weighted by atomic mass is 32.3. The molecule has 1 aromatic rings. The van der Waals surface area contributed by atoms with Crippen molar-refractivity contribution in [1.29, 1.82) is 0 Å². The van der Waals surface area contributed by atoms with Crippen LogP contribution in [0.3, 0.4) is 0 Å². The SMILES string of the molecule is C=Cc1ccc(S(C)(C)CC)cc1.